The molecule has 0 saturated carbocycles. The smallest absolute Gasteiger partial charge is 0.325 e. The first-order valence-corrected chi connectivity index (χ1v) is 10.4. The van der Waals surface area contributed by atoms with Gasteiger partial charge in [0.15, 0.2) is 0 Å². The Balaban J connectivity index is 2.19. The van der Waals surface area contributed by atoms with Gasteiger partial charge in [0.2, 0.25) is 15.9 Å². The van der Waals surface area contributed by atoms with Crippen molar-refractivity contribution in [3.8, 4) is 0 Å². The number of nitrogens with zero attached hydrogens (tertiary/aromatic N) is 2. The summed E-state index contributed by atoms with van der Waals surface area (Å²) in [5.41, 5.74) is 1.97. The lowest BCUT2D eigenvalue weighted by Gasteiger charge is -2.33. The van der Waals surface area contributed by atoms with Crippen molar-refractivity contribution in [1.29, 1.82) is 0 Å². The quantitative estimate of drug-likeness (QED) is 0.690. The third kappa shape index (κ3) is 5.28. The molecule has 0 spiro atoms. The van der Waals surface area contributed by atoms with Crippen LogP contribution in [0.2, 0.25) is 0 Å². The average molecular weight is 382 g/mol. The molecule has 144 valence electrons. The first kappa shape index (κ1) is 20.4. The summed E-state index contributed by atoms with van der Waals surface area (Å²) < 4.78 is 29.7. The summed E-state index contributed by atoms with van der Waals surface area (Å²) in [6.45, 7) is 2.66. The van der Waals surface area contributed by atoms with Crippen LogP contribution in [0.1, 0.15) is 24.0 Å². The summed E-state index contributed by atoms with van der Waals surface area (Å²) in [4.78, 5) is 26.3. The lowest BCUT2D eigenvalue weighted by Crippen LogP contribution is -2.47. The summed E-state index contributed by atoms with van der Waals surface area (Å²) in [5.74, 6) is -1.16. The van der Waals surface area contributed by atoms with E-state index in [2.05, 4.69) is 0 Å². The fourth-order valence-corrected chi connectivity index (χ4v) is 4.04. The molecule has 1 fully saturated rings. The maximum absolute atomic E-state index is 13.0. The fraction of sp³-hybridized carbons (Fsp3) is 0.556. The molecule has 26 heavy (non-hydrogen) atoms. The number of carbonyl (C=O) groups is 2. The number of ether oxygens (including phenoxy) is 1. The van der Waals surface area contributed by atoms with E-state index in [1.165, 1.54) is 16.3 Å². The van der Waals surface area contributed by atoms with E-state index in [4.69, 9.17) is 4.74 Å². The normalized spacial score (nSPS) is 18.3. The van der Waals surface area contributed by atoms with Crippen LogP contribution in [0.25, 0.3) is 0 Å². The second-order valence-electron chi connectivity index (χ2n) is 6.66. The molecule has 1 amide bonds. The van der Waals surface area contributed by atoms with E-state index in [-0.39, 0.29) is 25.5 Å². The number of aryl methyl sites for hydroxylation is 1. The predicted molar refractivity (Wildman–Crippen MR) is 97.8 cm³/mol. The molecule has 8 heteroatoms. The van der Waals surface area contributed by atoms with Gasteiger partial charge < -0.3 is 9.64 Å². The summed E-state index contributed by atoms with van der Waals surface area (Å²) in [6.07, 6.45) is 2.38. The number of methoxy groups -OCH3 is 1. The summed E-state index contributed by atoms with van der Waals surface area (Å²) in [5, 5.41) is 0. The molecule has 0 aromatic heterocycles. The molecule has 0 N–H and O–H groups in total. The zero-order valence-electron chi connectivity index (χ0n) is 15.5. The SMILES string of the molecule is COC(=O)CN(Cc1ccccc1C)C(=O)C1CCCN(S(C)(=O)=O)C1. The predicted octanol–water partition coefficient (Wildman–Crippen LogP) is 1.17. The summed E-state index contributed by atoms with van der Waals surface area (Å²) in [6, 6.07) is 7.66. The van der Waals surface area contributed by atoms with E-state index in [0.29, 0.717) is 19.4 Å². The number of benzene rings is 1. The molecule has 1 unspecified atom stereocenters. The zero-order chi connectivity index (χ0) is 19.3. The van der Waals surface area contributed by atoms with Gasteiger partial charge in [0.05, 0.1) is 19.3 Å². The Hall–Kier alpha value is -1.93. The molecule has 1 atom stereocenters. The standard InChI is InChI=1S/C18H26N2O5S/c1-14-7-4-5-8-15(14)11-19(13-17(21)25-2)18(22)16-9-6-10-20(12-16)26(3,23)24/h4-5,7-8,16H,6,9-13H2,1-3H3. The molecule has 1 aliphatic heterocycles. The van der Waals surface area contributed by atoms with Crippen molar-refractivity contribution >= 4 is 21.9 Å². The van der Waals surface area contributed by atoms with Gasteiger partial charge >= 0.3 is 5.97 Å². The molecule has 1 aromatic carbocycles. The molecular formula is C18H26N2O5S. The van der Waals surface area contributed by atoms with E-state index in [1.54, 1.807) is 0 Å². The monoisotopic (exact) mass is 382 g/mol. The Morgan fingerprint density at radius 3 is 2.62 bits per heavy atom. The van der Waals surface area contributed by atoms with Crippen molar-refractivity contribution in [2.24, 2.45) is 5.92 Å². The molecule has 0 radical (unpaired) electrons. The van der Waals surface area contributed by atoms with Gasteiger partial charge in [0.25, 0.3) is 0 Å². The Bertz CT molecular complexity index is 763. The lowest BCUT2D eigenvalue weighted by atomic mass is 9.97. The molecule has 1 aromatic rings. The second-order valence-corrected chi connectivity index (χ2v) is 8.64. The van der Waals surface area contributed by atoms with E-state index < -0.39 is 21.9 Å². The number of esters is 1. The maximum Gasteiger partial charge on any atom is 0.325 e. The van der Waals surface area contributed by atoms with Gasteiger partial charge in [0, 0.05) is 19.6 Å². The topological polar surface area (TPSA) is 84.0 Å². The molecule has 7 nitrogen and oxygen atoms in total. The molecule has 1 aliphatic rings. The van der Waals surface area contributed by atoms with Crippen LogP contribution in [0.15, 0.2) is 24.3 Å². The number of rotatable bonds is 6. The fourth-order valence-electron chi connectivity index (χ4n) is 3.13. The van der Waals surface area contributed by atoms with Crippen molar-refractivity contribution < 1.29 is 22.7 Å². The summed E-state index contributed by atoms with van der Waals surface area (Å²) in [7, 11) is -2.06. The van der Waals surface area contributed by atoms with Crippen LogP contribution in [-0.4, -0.2) is 62.5 Å². The Morgan fingerprint density at radius 1 is 1.31 bits per heavy atom. The van der Waals surface area contributed by atoms with Gasteiger partial charge in [-0.25, -0.2) is 12.7 Å². The van der Waals surface area contributed by atoms with Crippen LogP contribution in [0.4, 0.5) is 0 Å². The summed E-state index contributed by atoms with van der Waals surface area (Å²) >= 11 is 0. The highest BCUT2D eigenvalue weighted by Gasteiger charge is 2.33. The largest absolute Gasteiger partial charge is 0.468 e. The minimum Gasteiger partial charge on any atom is -0.468 e. The van der Waals surface area contributed by atoms with Gasteiger partial charge in [-0.3, -0.25) is 9.59 Å². The zero-order valence-corrected chi connectivity index (χ0v) is 16.3. The van der Waals surface area contributed by atoms with Gasteiger partial charge in [-0.05, 0) is 30.9 Å². The van der Waals surface area contributed by atoms with E-state index in [0.717, 1.165) is 17.4 Å². The highest BCUT2D eigenvalue weighted by molar-refractivity contribution is 7.88. The number of hydrogen-bond donors (Lipinski definition) is 0. The first-order chi connectivity index (χ1) is 12.2. The van der Waals surface area contributed by atoms with Crippen molar-refractivity contribution in [3.05, 3.63) is 35.4 Å². The molecule has 1 heterocycles. The highest BCUT2D eigenvalue weighted by atomic mass is 32.2. The number of amides is 1. The average Bonchev–Trinajstić information content (AvgIpc) is 2.61. The minimum absolute atomic E-state index is 0.154. The van der Waals surface area contributed by atoms with Crippen molar-refractivity contribution in [2.45, 2.75) is 26.3 Å². The van der Waals surface area contributed by atoms with Crippen molar-refractivity contribution in [3.63, 3.8) is 0 Å². The third-order valence-corrected chi connectivity index (χ3v) is 5.95. The maximum atomic E-state index is 13.0. The number of hydrogen-bond acceptors (Lipinski definition) is 5. The number of sulfonamides is 1. The van der Waals surface area contributed by atoms with Gasteiger partial charge in [0.1, 0.15) is 6.54 Å². The number of carbonyl (C=O) groups excluding carboxylic acids is 2. The Morgan fingerprint density at radius 2 is 2.00 bits per heavy atom. The molecule has 2 rings (SSSR count). The van der Waals surface area contributed by atoms with E-state index >= 15 is 0 Å². The third-order valence-electron chi connectivity index (χ3n) is 4.68. The van der Waals surface area contributed by atoms with E-state index in [1.807, 2.05) is 31.2 Å². The van der Waals surface area contributed by atoms with Crippen LogP contribution in [0.3, 0.4) is 0 Å². The van der Waals surface area contributed by atoms with Crippen LogP contribution in [-0.2, 0) is 30.9 Å². The highest BCUT2D eigenvalue weighted by Crippen LogP contribution is 2.22. The Labute approximate surface area is 155 Å². The molecule has 0 aliphatic carbocycles. The first-order valence-electron chi connectivity index (χ1n) is 8.57. The van der Waals surface area contributed by atoms with Crippen LogP contribution >= 0.6 is 0 Å². The van der Waals surface area contributed by atoms with Gasteiger partial charge in [-0.2, -0.15) is 0 Å². The Kier molecular flexibility index (Phi) is 6.77. The lowest BCUT2D eigenvalue weighted by molar-refractivity contribution is -0.149. The van der Waals surface area contributed by atoms with Crippen LogP contribution in [0.5, 0.6) is 0 Å². The number of piperidine rings is 1. The van der Waals surface area contributed by atoms with E-state index in [9.17, 15) is 18.0 Å². The van der Waals surface area contributed by atoms with Gasteiger partial charge in [-0.15, -0.1) is 0 Å². The van der Waals surface area contributed by atoms with Crippen molar-refractivity contribution in [2.75, 3.05) is 33.0 Å². The minimum atomic E-state index is -3.34. The second kappa shape index (κ2) is 8.64. The molecule has 0 bridgehead atoms. The van der Waals surface area contributed by atoms with Crippen LogP contribution < -0.4 is 0 Å². The van der Waals surface area contributed by atoms with Crippen molar-refractivity contribution in [1.82, 2.24) is 9.21 Å². The van der Waals surface area contributed by atoms with Gasteiger partial charge in [-0.1, -0.05) is 24.3 Å². The molecular weight excluding hydrogens is 356 g/mol. The molecule has 1 saturated heterocycles. The van der Waals surface area contributed by atoms with Crippen LogP contribution in [0, 0.1) is 12.8 Å².